The lowest BCUT2D eigenvalue weighted by atomic mass is 10.1. The van der Waals surface area contributed by atoms with Gasteiger partial charge >= 0.3 is 0 Å². The van der Waals surface area contributed by atoms with E-state index in [0.717, 1.165) is 22.9 Å². The number of hydrogen-bond donors (Lipinski definition) is 2. The number of rotatable bonds is 7. The number of carbonyl (C=O) groups is 1. The maximum absolute atomic E-state index is 12.4. The van der Waals surface area contributed by atoms with Crippen molar-refractivity contribution in [3.8, 4) is 5.75 Å². The van der Waals surface area contributed by atoms with Crippen molar-refractivity contribution >= 4 is 23.2 Å². The molecule has 0 aliphatic heterocycles. The van der Waals surface area contributed by atoms with Gasteiger partial charge < -0.3 is 15.0 Å². The Kier molecular flexibility index (Phi) is 6.64. The Morgan fingerprint density at radius 3 is 2.38 bits per heavy atom. The van der Waals surface area contributed by atoms with Gasteiger partial charge in [0.2, 0.25) is 0 Å². The summed E-state index contributed by atoms with van der Waals surface area (Å²) in [5.41, 5.74) is 1.92. The zero-order valence-corrected chi connectivity index (χ0v) is 15.1. The monoisotopic (exact) mass is 347 g/mol. The van der Waals surface area contributed by atoms with E-state index in [0.29, 0.717) is 11.6 Å². The highest BCUT2D eigenvalue weighted by atomic mass is 35.5. The largest absolute Gasteiger partial charge is 0.494 e. The second-order valence-corrected chi connectivity index (χ2v) is 6.25. The van der Waals surface area contributed by atoms with Crippen LogP contribution >= 0.6 is 11.6 Å². The van der Waals surface area contributed by atoms with Crippen molar-refractivity contribution in [2.75, 3.05) is 19.0 Å². The van der Waals surface area contributed by atoms with E-state index in [-0.39, 0.29) is 11.9 Å². The molecule has 0 aromatic heterocycles. The number of halogens is 1. The van der Waals surface area contributed by atoms with Crippen LogP contribution in [0.1, 0.15) is 19.4 Å². The van der Waals surface area contributed by atoms with E-state index in [4.69, 9.17) is 16.3 Å². The minimum atomic E-state index is -0.174. The van der Waals surface area contributed by atoms with Crippen LogP contribution in [0, 0.1) is 0 Å². The third-order valence-corrected chi connectivity index (χ3v) is 4.21. The van der Waals surface area contributed by atoms with Crippen LogP contribution in [0.2, 0.25) is 5.02 Å². The van der Waals surface area contributed by atoms with Crippen LogP contribution in [0.5, 0.6) is 5.75 Å². The van der Waals surface area contributed by atoms with Crippen molar-refractivity contribution < 1.29 is 14.4 Å². The molecule has 2 rings (SSSR count). The van der Waals surface area contributed by atoms with E-state index in [9.17, 15) is 4.79 Å². The summed E-state index contributed by atoms with van der Waals surface area (Å²) in [7, 11) is 2.02. The first-order valence-corrected chi connectivity index (χ1v) is 8.48. The van der Waals surface area contributed by atoms with Gasteiger partial charge in [-0.15, -0.1) is 0 Å². The predicted octanol–water partition coefficient (Wildman–Crippen LogP) is 2.78. The van der Waals surface area contributed by atoms with Gasteiger partial charge in [0, 0.05) is 16.3 Å². The molecule has 0 radical (unpaired) electrons. The molecule has 0 aliphatic carbocycles. The van der Waals surface area contributed by atoms with Crippen LogP contribution < -0.4 is 15.0 Å². The van der Waals surface area contributed by atoms with Gasteiger partial charge in [0.05, 0.1) is 13.7 Å². The zero-order chi connectivity index (χ0) is 17.5. The van der Waals surface area contributed by atoms with Crippen LogP contribution in [0.25, 0.3) is 0 Å². The van der Waals surface area contributed by atoms with E-state index < -0.39 is 0 Å². The number of ether oxygens (including phenoxy) is 1. The lowest BCUT2D eigenvalue weighted by molar-refractivity contribution is -0.907. The number of likely N-dealkylation sites (N-methyl/N-ethyl adjacent to an activating group) is 1. The van der Waals surface area contributed by atoms with Crippen molar-refractivity contribution in [3.05, 3.63) is 59.1 Å². The first kappa shape index (κ1) is 18.3. The lowest BCUT2D eigenvalue weighted by Crippen LogP contribution is -3.12. The molecule has 0 heterocycles. The smallest absolute Gasteiger partial charge is 0.282 e. The zero-order valence-electron chi connectivity index (χ0n) is 14.3. The highest BCUT2D eigenvalue weighted by Crippen LogP contribution is 2.13. The summed E-state index contributed by atoms with van der Waals surface area (Å²) in [4.78, 5) is 13.5. The van der Waals surface area contributed by atoms with Gasteiger partial charge in [0.15, 0.2) is 6.04 Å². The van der Waals surface area contributed by atoms with Crippen molar-refractivity contribution in [1.29, 1.82) is 0 Å². The number of quaternary nitrogens is 1. The topological polar surface area (TPSA) is 42.8 Å². The van der Waals surface area contributed by atoms with Crippen LogP contribution in [-0.4, -0.2) is 25.6 Å². The van der Waals surface area contributed by atoms with E-state index in [1.807, 2.05) is 45.2 Å². The summed E-state index contributed by atoms with van der Waals surface area (Å²) < 4.78 is 5.45. The lowest BCUT2D eigenvalue weighted by Gasteiger charge is -2.21. The fourth-order valence-electron chi connectivity index (χ4n) is 2.35. The fourth-order valence-corrected chi connectivity index (χ4v) is 2.48. The minimum absolute atomic E-state index is 0.0132. The summed E-state index contributed by atoms with van der Waals surface area (Å²) in [5.74, 6) is 0.855. The number of hydrogen-bond acceptors (Lipinski definition) is 2. The highest BCUT2D eigenvalue weighted by molar-refractivity contribution is 6.30. The Labute approximate surface area is 148 Å². The van der Waals surface area contributed by atoms with Crippen molar-refractivity contribution in [2.45, 2.75) is 26.4 Å². The molecule has 0 saturated heterocycles. The molecule has 2 aromatic rings. The molecule has 0 aliphatic rings. The molecule has 1 unspecified atom stereocenters. The molecule has 2 aromatic carbocycles. The standard InChI is InChI=1S/C19H23ClN2O2/c1-4-24-18-11-5-15(6-12-18)13-22(3)14(2)19(23)21-17-9-7-16(20)8-10-17/h5-12,14H,4,13H2,1-3H3,(H,21,23)/p+1/t14-/m1/s1. The molecule has 0 bridgehead atoms. The molecule has 1 amide bonds. The maximum atomic E-state index is 12.4. The van der Waals surface area contributed by atoms with Crippen LogP contribution in [0.3, 0.4) is 0 Å². The third-order valence-electron chi connectivity index (χ3n) is 3.96. The number of anilines is 1. The van der Waals surface area contributed by atoms with Crippen molar-refractivity contribution in [3.63, 3.8) is 0 Å². The number of nitrogens with one attached hydrogen (secondary N) is 2. The fraction of sp³-hybridized carbons (Fsp3) is 0.316. The second kappa shape index (κ2) is 8.71. The average Bonchev–Trinajstić information content (AvgIpc) is 2.58. The van der Waals surface area contributed by atoms with Gasteiger partial charge in [0.25, 0.3) is 5.91 Å². The third kappa shape index (κ3) is 5.25. The number of benzene rings is 2. The van der Waals surface area contributed by atoms with Gasteiger partial charge in [-0.05, 0) is 62.4 Å². The Morgan fingerprint density at radius 1 is 1.17 bits per heavy atom. The van der Waals surface area contributed by atoms with E-state index in [1.54, 1.807) is 24.3 Å². The van der Waals surface area contributed by atoms with Gasteiger partial charge in [-0.25, -0.2) is 0 Å². The molecule has 5 heteroatoms. The summed E-state index contributed by atoms with van der Waals surface area (Å²) in [5, 5.41) is 3.58. The van der Waals surface area contributed by atoms with Crippen LogP contribution in [0.15, 0.2) is 48.5 Å². The van der Waals surface area contributed by atoms with E-state index in [1.165, 1.54) is 5.56 Å². The average molecular weight is 348 g/mol. The van der Waals surface area contributed by atoms with Gasteiger partial charge in [-0.2, -0.15) is 0 Å². The highest BCUT2D eigenvalue weighted by Gasteiger charge is 2.22. The Hall–Kier alpha value is -2.04. The Morgan fingerprint density at radius 2 is 1.79 bits per heavy atom. The second-order valence-electron chi connectivity index (χ2n) is 5.82. The van der Waals surface area contributed by atoms with Crippen LogP contribution in [-0.2, 0) is 11.3 Å². The summed E-state index contributed by atoms with van der Waals surface area (Å²) in [6.07, 6.45) is 0. The molecule has 0 spiro atoms. The molecule has 0 saturated carbocycles. The molecule has 2 atom stereocenters. The SMILES string of the molecule is CCOc1ccc(C[NH+](C)[C@H](C)C(=O)Nc2ccc(Cl)cc2)cc1. The molecule has 2 N–H and O–H groups in total. The summed E-state index contributed by atoms with van der Waals surface area (Å²) in [6.45, 7) is 5.32. The summed E-state index contributed by atoms with van der Waals surface area (Å²) in [6, 6.07) is 15.0. The van der Waals surface area contributed by atoms with Gasteiger partial charge in [0.1, 0.15) is 12.3 Å². The van der Waals surface area contributed by atoms with Gasteiger partial charge in [-0.1, -0.05) is 11.6 Å². The molecule has 128 valence electrons. The van der Waals surface area contributed by atoms with Gasteiger partial charge in [-0.3, -0.25) is 4.79 Å². The molecular formula is C19H24ClN2O2+. The first-order valence-electron chi connectivity index (χ1n) is 8.10. The Bertz CT molecular complexity index is 656. The normalized spacial score (nSPS) is 13.2. The number of carbonyl (C=O) groups excluding carboxylic acids is 1. The predicted molar refractivity (Wildman–Crippen MR) is 97.7 cm³/mol. The first-order chi connectivity index (χ1) is 11.5. The molecule has 4 nitrogen and oxygen atoms in total. The van der Waals surface area contributed by atoms with Crippen molar-refractivity contribution in [1.82, 2.24) is 0 Å². The molecule has 0 fully saturated rings. The van der Waals surface area contributed by atoms with E-state index >= 15 is 0 Å². The molecule has 24 heavy (non-hydrogen) atoms. The number of amides is 1. The van der Waals surface area contributed by atoms with E-state index in [2.05, 4.69) is 5.32 Å². The maximum Gasteiger partial charge on any atom is 0.282 e. The Balaban J connectivity index is 1.91. The quantitative estimate of drug-likeness (QED) is 0.808. The summed E-state index contributed by atoms with van der Waals surface area (Å²) >= 11 is 5.86. The molecular weight excluding hydrogens is 324 g/mol. The van der Waals surface area contributed by atoms with Crippen LogP contribution in [0.4, 0.5) is 5.69 Å². The van der Waals surface area contributed by atoms with Crippen molar-refractivity contribution in [2.24, 2.45) is 0 Å². The minimum Gasteiger partial charge on any atom is -0.494 e.